The molecule has 4 nitrogen and oxygen atoms in total. The smallest absolute Gasteiger partial charge is 0.0951 e. The molecule has 0 aliphatic carbocycles. The Balaban J connectivity index is 2.74. The number of nitrogens with zero attached hydrogens (tertiary/aromatic N) is 2. The second kappa shape index (κ2) is 6.01. The van der Waals surface area contributed by atoms with Gasteiger partial charge >= 0.3 is 0 Å². The first-order chi connectivity index (χ1) is 7.56. The molecule has 0 aliphatic rings. The lowest BCUT2D eigenvalue weighted by Crippen LogP contribution is -2.32. The fraction of sp³-hybridized carbons (Fsp3) is 0.750. The Kier molecular flexibility index (Phi) is 4.96. The topological polar surface area (TPSA) is 55.9 Å². The Morgan fingerprint density at radius 3 is 2.56 bits per heavy atom. The molecule has 0 fully saturated rings. The van der Waals surface area contributed by atoms with Crippen LogP contribution in [0.25, 0.3) is 0 Å². The van der Waals surface area contributed by atoms with Gasteiger partial charge in [0.05, 0.1) is 18.1 Å². The normalized spacial score (nSPS) is 13.7. The van der Waals surface area contributed by atoms with Crippen molar-refractivity contribution in [3.8, 4) is 0 Å². The Morgan fingerprint density at radius 2 is 2.06 bits per heavy atom. The molecule has 0 bridgehead atoms. The Morgan fingerprint density at radius 1 is 1.38 bits per heavy atom. The fourth-order valence-electron chi connectivity index (χ4n) is 1.70. The van der Waals surface area contributed by atoms with E-state index in [9.17, 15) is 0 Å². The van der Waals surface area contributed by atoms with E-state index in [0.29, 0.717) is 18.5 Å². The molecule has 0 amide bonds. The monoisotopic (exact) mass is 224 g/mol. The van der Waals surface area contributed by atoms with Crippen molar-refractivity contribution in [3.05, 3.63) is 18.2 Å². The Bertz CT molecular complexity index is 304. The molecular weight excluding hydrogens is 200 g/mol. The Labute approximate surface area is 98.2 Å². The van der Waals surface area contributed by atoms with E-state index in [1.807, 2.05) is 12.5 Å². The van der Waals surface area contributed by atoms with Crippen molar-refractivity contribution in [2.24, 2.45) is 11.7 Å². The predicted octanol–water partition coefficient (Wildman–Crippen LogP) is 1.71. The number of imidazole rings is 1. The van der Waals surface area contributed by atoms with Crippen LogP contribution in [0.1, 0.15) is 45.5 Å². The molecule has 0 saturated heterocycles. The van der Waals surface area contributed by atoms with Gasteiger partial charge in [0.2, 0.25) is 0 Å². The molecule has 0 spiro atoms. The molecule has 1 atom stereocenters. The van der Waals surface area contributed by atoms with Crippen molar-refractivity contribution in [3.63, 3.8) is 0 Å². The molecule has 3 N–H and O–H groups in total. The largest absolute Gasteiger partial charge is 0.331 e. The molecule has 0 aliphatic heterocycles. The van der Waals surface area contributed by atoms with E-state index in [2.05, 4.69) is 42.6 Å². The highest BCUT2D eigenvalue weighted by Crippen LogP contribution is 2.16. The number of aromatic nitrogens is 2. The van der Waals surface area contributed by atoms with Gasteiger partial charge in [0.15, 0.2) is 0 Å². The van der Waals surface area contributed by atoms with Gasteiger partial charge < -0.3 is 15.6 Å². The first-order valence-corrected chi connectivity index (χ1v) is 6.01. The Hall–Kier alpha value is -0.870. The fourth-order valence-corrected chi connectivity index (χ4v) is 1.70. The van der Waals surface area contributed by atoms with E-state index in [4.69, 9.17) is 5.73 Å². The molecule has 1 unspecified atom stereocenters. The van der Waals surface area contributed by atoms with Crippen LogP contribution in [0, 0.1) is 5.92 Å². The van der Waals surface area contributed by atoms with Crippen LogP contribution in [0.15, 0.2) is 12.5 Å². The molecule has 1 heterocycles. The van der Waals surface area contributed by atoms with Gasteiger partial charge in [0, 0.05) is 18.8 Å². The number of hydrogen-bond donors (Lipinski definition) is 2. The van der Waals surface area contributed by atoms with E-state index < -0.39 is 0 Å². The van der Waals surface area contributed by atoms with Gasteiger partial charge in [-0.25, -0.2) is 4.98 Å². The number of hydrogen-bond acceptors (Lipinski definition) is 3. The molecule has 4 heteroatoms. The van der Waals surface area contributed by atoms with Gasteiger partial charge in [-0.1, -0.05) is 13.8 Å². The quantitative estimate of drug-likeness (QED) is 0.773. The standard InChI is InChI=1S/C12H24N4/c1-9(2)6-15-11(5-13)12-7-14-8-16(12)10(3)4/h7-11,15H,5-6,13H2,1-4H3. The van der Waals surface area contributed by atoms with Crippen LogP contribution in [0.2, 0.25) is 0 Å². The van der Waals surface area contributed by atoms with Crippen molar-refractivity contribution in [1.82, 2.24) is 14.9 Å². The summed E-state index contributed by atoms with van der Waals surface area (Å²) < 4.78 is 2.17. The lowest BCUT2D eigenvalue weighted by Gasteiger charge is -2.21. The van der Waals surface area contributed by atoms with Crippen LogP contribution in [0.4, 0.5) is 0 Å². The highest BCUT2D eigenvalue weighted by Gasteiger charge is 2.15. The molecule has 0 saturated carbocycles. The van der Waals surface area contributed by atoms with Crippen molar-refractivity contribution in [2.45, 2.75) is 39.8 Å². The van der Waals surface area contributed by atoms with Crippen molar-refractivity contribution < 1.29 is 0 Å². The minimum atomic E-state index is 0.201. The van der Waals surface area contributed by atoms with Gasteiger partial charge in [-0.3, -0.25) is 0 Å². The molecule has 92 valence electrons. The SMILES string of the molecule is CC(C)CNC(CN)c1cncn1C(C)C. The maximum atomic E-state index is 5.82. The molecule has 1 aromatic heterocycles. The van der Waals surface area contributed by atoms with Crippen LogP contribution >= 0.6 is 0 Å². The maximum Gasteiger partial charge on any atom is 0.0951 e. The van der Waals surface area contributed by atoms with Crippen LogP contribution < -0.4 is 11.1 Å². The first kappa shape index (κ1) is 13.2. The average molecular weight is 224 g/mol. The number of nitrogens with one attached hydrogen (secondary N) is 1. The number of nitrogens with two attached hydrogens (primary N) is 1. The summed E-state index contributed by atoms with van der Waals surface area (Å²) in [6.45, 7) is 10.3. The van der Waals surface area contributed by atoms with E-state index >= 15 is 0 Å². The van der Waals surface area contributed by atoms with Gasteiger partial charge in [-0.2, -0.15) is 0 Å². The average Bonchev–Trinajstić information content (AvgIpc) is 2.67. The summed E-state index contributed by atoms with van der Waals surface area (Å²) in [7, 11) is 0. The van der Waals surface area contributed by atoms with E-state index in [0.717, 1.165) is 6.54 Å². The zero-order valence-electron chi connectivity index (χ0n) is 10.8. The minimum Gasteiger partial charge on any atom is -0.331 e. The summed E-state index contributed by atoms with van der Waals surface area (Å²) in [5.41, 5.74) is 6.99. The lowest BCUT2D eigenvalue weighted by molar-refractivity contribution is 0.445. The number of rotatable bonds is 6. The third kappa shape index (κ3) is 3.32. The van der Waals surface area contributed by atoms with E-state index in [-0.39, 0.29) is 6.04 Å². The zero-order valence-corrected chi connectivity index (χ0v) is 10.8. The summed E-state index contributed by atoms with van der Waals surface area (Å²) in [6.07, 6.45) is 3.78. The molecule has 16 heavy (non-hydrogen) atoms. The summed E-state index contributed by atoms with van der Waals surface area (Å²) in [5.74, 6) is 0.629. The van der Waals surface area contributed by atoms with Crippen LogP contribution in [0.5, 0.6) is 0 Å². The van der Waals surface area contributed by atoms with Crippen molar-refractivity contribution in [1.29, 1.82) is 0 Å². The molecule has 1 aromatic rings. The molecule has 1 rings (SSSR count). The third-order valence-corrected chi connectivity index (χ3v) is 2.62. The van der Waals surface area contributed by atoms with Gasteiger partial charge in [-0.15, -0.1) is 0 Å². The highest BCUT2D eigenvalue weighted by molar-refractivity contribution is 5.07. The maximum absolute atomic E-state index is 5.82. The van der Waals surface area contributed by atoms with Crippen LogP contribution in [-0.2, 0) is 0 Å². The van der Waals surface area contributed by atoms with Crippen molar-refractivity contribution in [2.75, 3.05) is 13.1 Å². The molecule has 0 radical (unpaired) electrons. The van der Waals surface area contributed by atoms with E-state index in [1.165, 1.54) is 5.69 Å². The van der Waals surface area contributed by atoms with Crippen molar-refractivity contribution >= 4 is 0 Å². The summed E-state index contributed by atoms with van der Waals surface area (Å²) >= 11 is 0. The predicted molar refractivity (Wildman–Crippen MR) is 67.2 cm³/mol. The van der Waals surface area contributed by atoms with Crippen LogP contribution in [-0.4, -0.2) is 22.6 Å². The second-order valence-electron chi connectivity index (χ2n) is 4.91. The molecular formula is C12H24N4. The highest BCUT2D eigenvalue weighted by atomic mass is 15.1. The lowest BCUT2D eigenvalue weighted by atomic mass is 10.1. The van der Waals surface area contributed by atoms with E-state index in [1.54, 1.807) is 0 Å². The van der Waals surface area contributed by atoms with Gasteiger partial charge in [0.25, 0.3) is 0 Å². The summed E-state index contributed by atoms with van der Waals surface area (Å²) in [6, 6.07) is 0.625. The first-order valence-electron chi connectivity index (χ1n) is 6.01. The third-order valence-electron chi connectivity index (χ3n) is 2.62. The molecule has 0 aromatic carbocycles. The minimum absolute atomic E-state index is 0.201. The van der Waals surface area contributed by atoms with Gasteiger partial charge in [-0.05, 0) is 26.3 Å². The van der Waals surface area contributed by atoms with Gasteiger partial charge in [0.1, 0.15) is 0 Å². The summed E-state index contributed by atoms with van der Waals surface area (Å²) in [4.78, 5) is 4.21. The second-order valence-corrected chi connectivity index (χ2v) is 4.91. The van der Waals surface area contributed by atoms with Crippen LogP contribution in [0.3, 0.4) is 0 Å². The summed E-state index contributed by atoms with van der Waals surface area (Å²) in [5, 5.41) is 3.48. The zero-order chi connectivity index (χ0) is 12.1.